The molecule has 1 N–H and O–H groups in total. The van der Waals surface area contributed by atoms with E-state index in [1.54, 1.807) is 32.0 Å². The number of aromatic hydroxyl groups is 1. The molecule has 0 amide bonds. The Balaban J connectivity index is 1.74. The van der Waals surface area contributed by atoms with Crippen LogP contribution in [0, 0.1) is 20.8 Å². The number of ether oxygens (including phenoxy) is 1. The molecule has 0 radical (unpaired) electrons. The number of hydrogen-bond donors (Lipinski definition) is 1. The van der Waals surface area contributed by atoms with Crippen molar-refractivity contribution in [1.29, 1.82) is 0 Å². The van der Waals surface area contributed by atoms with Crippen LogP contribution in [0.1, 0.15) is 50.1 Å². The van der Waals surface area contributed by atoms with E-state index in [1.165, 1.54) is 6.07 Å². The van der Waals surface area contributed by atoms with E-state index in [9.17, 15) is 23.1 Å². The SMILES string of the molecule is Cc1cccc(C(=O)OCC(=O)c2cc(C)n([C@H]3CCS(=O)(=O)C3)c2C)c1O. The molecule has 0 aliphatic carbocycles. The number of para-hydroxylation sites is 1. The molecule has 1 atom stereocenters. The molecular formula is C20H23NO6S. The number of Topliss-reactive ketones (excluding diaryl/α,β-unsaturated/α-hetero) is 1. The van der Waals surface area contributed by atoms with E-state index in [4.69, 9.17) is 4.74 Å². The average Bonchev–Trinajstić information content (AvgIpc) is 3.13. The Hall–Kier alpha value is -2.61. The van der Waals surface area contributed by atoms with E-state index >= 15 is 0 Å². The minimum absolute atomic E-state index is 0.00874. The lowest BCUT2D eigenvalue weighted by Crippen LogP contribution is -2.17. The maximum Gasteiger partial charge on any atom is 0.342 e. The van der Waals surface area contributed by atoms with Crippen molar-refractivity contribution in [2.75, 3.05) is 18.1 Å². The number of aryl methyl sites for hydroxylation is 2. The predicted molar refractivity (Wildman–Crippen MR) is 104 cm³/mol. The van der Waals surface area contributed by atoms with Gasteiger partial charge in [0.25, 0.3) is 0 Å². The summed E-state index contributed by atoms with van der Waals surface area (Å²) in [6, 6.07) is 6.23. The van der Waals surface area contributed by atoms with Gasteiger partial charge in [0.05, 0.1) is 11.5 Å². The van der Waals surface area contributed by atoms with Gasteiger partial charge in [0.15, 0.2) is 16.4 Å². The summed E-state index contributed by atoms with van der Waals surface area (Å²) < 4.78 is 30.5. The molecule has 150 valence electrons. The summed E-state index contributed by atoms with van der Waals surface area (Å²) >= 11 is 0. The molecule has 8 heteroatoms. The van der Waals surface area contributed by atoms with Gasteiger partial charge < -0.3 is 14.4 Å². The summed E-state index contributed by atoms with van der Waals surface area (Å²) in [7, 11) is -3.05. The number of benzene rings is 1. The van der Waals surface area contributed by atoms with Crippen LogP contribution in [0.3, 0.4) is 0 Å². The van der Waals surface area contributed by atoms with Gasteiger partial charge in [0.2, 0.25) is 5.78 Å². The van der Waals surface area contributed by atoms with Crippen LogP contribution in [0.2, 0.25) is 0 Å². The van der Waals surface area contributed by atoms with Crippen molar-refractivity contribution >= 4 is 21.6 Å². The number of sulfone groups is 1. The van der Waals surface area contributed by atoms with Gasteiger partial charge >= 0.3 is 5.97 Å². The lowest BCUT2D eigenvalue weighted by Gasteiger charge is -2.16. The molecule has 1 aliphatic heterocycles. The van der Waals surface area contributed by atoms with Crippen molar-refractivity contribution < 1.29 is 27.9 Å². The van der Waals surface area contributed by atoms with Crippen molar-refractivity contribution in [2.45, 2.75) is 33.2 Å². The molecule has 2 heterocycles. The Morgan fingerprint density at radius 2 is 1.93 bits per heavy atom. The summed E-state index contributed by atoms with van der Waals surface area (Å²) in [5.74, 6) is -1.10. The quantitative estimate of drug-likeness (QED) is 0.606. The number of hydrogen-bond acceptors (Lipinski definition) is 6. The number of rotatable bonds is 5. The van der Waals surface area contributed by atoms with Crippen molar-refractivity contribution in [3.63, 3.8) is 0 Å². The smallest absolute Gasteiger partial charge is 0.342 e. The molecule has 28 heavy (non-hydrogen) atoms. The van der Waals surface area contributed by atoms with Gasteiger partial charge in [-0.3, -0.25) is 4.79 Å². The van der Waals surface area contributed by atoms with E-state index < -0.39 is 22.4 Å². The normalized spacial score (nSPS) is 18.2. The van der Waals surface area contributed by atoms with Crippen molar-refractivity contribution in [1.82, 2.24) is 4.57 Å². The highest BCUT2D eigenvalue weighted by atomic mass is 32.2. The second-order valence-corrected chi connectivity index (χ2v) is 9.41. The molecule has 1 aromatic carbocycles. The first kappa shape index (κ1) is 20.1. The summed E-state index contributed by atoms with van der Waals surface area (Å²) in [6.45, 7) is 4.79. The van der Waals surface area contributed by atoms with E-state index in [0.717, 1.165) is 5.69 Å². The number of phenols is 1. The Bertz CT molecular complexity index is 1050. The summed E-state index contributed by atoms with van der Waals surface area (Å²) in [4.78, 5) is 24.8. The molecule has 7 nitrogen and oxygen atoms in total. The molecule has 0 spiro atoms. The Morgan fingerprint density at radius 1 is 1.21 bits per heavy atom. The molecule has 2 aromatic rings. The summed E-state index contributed by atoms with van der Waals surface area (Å²) in [5.41, 5.74) is 2.41. The topological polar surface area (TPSA) is 103 Å². The standard InChI is InChI=1S/C20H23NO6S/c1-12-5-4-6-16(19(12)23)20(24)27-10-18(22)17-9-13(2)21(14(17)3)15-7-8-28(25,26)11-15/h4-6,9,15,23H,7-8,10-11H2,1-3H3/t15-/m0/s1. The number of ketones is 1. The highest BCUT2D eigenvalue weighted by Gasteiger charge is 2.31. The van der Waals surface area contributed by atoms with E-state index in [2.05, 4.69) is 0 Å². The van der Waals surface area contributed by atoms with Gasteiger partial charge in [-0.15, -0.1) is 0 Å². The Labute approximate surface area is 163 Å². The molecule has 1 saturated heterocycles. The first-order chi connectivity index (χ1) is 13.1. The molecule has 1 aromatic heterocycles. The fourth-order valence-corrected chi connectivity index (χ4v) is 5.41. The lowest BCUT2D eigenvalue weighted by molar-refractivity contribution is 0.0471. The van der Waals surface area contributed by atoms with Crippen molar-refractivity contribution in [2.24, 2.45) is 0 Å². The zero-order chi connectivity index (χ0) is 20.6. The fourth-order valence-electron chi connectivity index (χ4n) is 3.71. The molecule has 1 fully saturated rings. The number of carbonyl (C=O) groups excluding carboxylic acids is 2. The van der Waals surface area contributed by atoms with Crippen LogP contribution in [-0.4, -0.2) is 48.0 Å². The zero-order valence-corrected chi connectivity index (χ0v) is 16.9. The third kappa shape index (κ3) is 3.82. The number of nitrogens with zero attached hydrogens (tertiary/aromatic N) is 1. The van der Waals surface area contributed by atoms with Crippen molar-refractivity contribution in [3.8, 4) is 5.75 Å². The molecule has 0 unspecified atom stereocenters. The maximum absolute atomic E-state index is 12.6. The third-order valence-electron chi connectivity index (χ3n) is 5.15. The first-order valence-corrected chi connectivity index (χ1v) is 10.8. The third-order valence-corrected chi connectivity index (χ3v) is 6.90. The fraction of sp³-hybridized carbons (Fsp3) is 0.400. The van der Waals surface area contributed by atoms with Gasteiger partial charge in [-0.2, -0.15) is 0 Å². The number of aromatic nitrogens is 1. The highest BCUT2D eigenvalue weighted by molar-refractivity contribution is 7.91. The van der Waals surface area contributed by atoms with Crippen molar-refractivity contribution in [3.05, 3.63) is 52.3 Å². The molecule has 0 saturated carbocycles. The largest absolute Gasteiger partial charge is 0.507 e. The van der Waals surface area contributed by atoms with E-state index in [-0.39, 0.29) is 34.6 Å². The van der Waals surface area contributed by atoms with Gasteiger partial charge in [0, 0.05) is 23.0 Å². The number of phenolic OH excluding ortho intramolecular Hbond substituents is 1. The van der Waals surface area contributed by atoms with Crippen LogP contribution >= 0.6 is 0 Å². The maximum atomic E-state index is 12.6. The van der Waals surface area contributed by atoms with Crippen LogP contribution in [-0.2, 0) is 14.6 Å². The van der Waals surface area contributed by atoms with Gasteiger partial charge in [-0.25, -0.2) is 13.2 Å². The average molecular weight is 405 g/mol. The molecule has 0 bridgehead atoms. The second kappa shape index (κ2) is 7.43. The number of esters is 1. The molecule has 3 rings (SSSR count). The minimum Gasteiger partial charge on any atom is -0.507 e. The molecular weight excluding hydrogens is 382 g/mol. The Morgan fingerprint density at radius 3 is 2.57 bits per heavy atom. The van der Waals surface area contributed by atoms with Gasteiger partial charge in [0.1, 0.15) is 11.3 Å². The monoisotopic (exact) mass is 405 g/mol. The zero-order valence-electron chi connectivity index (χ0n) is 16.1. The second-order valence-electron chi connectivity index (χ2n) is 7.18. The summed E-state index contributed by atoms with van der Waals surface area (Å²) in [5, 5.41) is 9.96. The highest BCUT2D eigenvalue weighted by Crippen LogP contribution is 2.29. The Kier molecular flexibility index (Phi) is 5.34. The van der Waals surface area contributed by atoms with Crippen LogP contribution in [0.5, 0.6) is 5.75 Å². The van der Waals surface area contributed by atoms with Gasteiger partial charge in [-0.05, 0) is 44.9 Å². The van der Waals surface area contributed by atoms with E-state index in [1.807, 2.05) is 11.5 Å². The van der Waals surface area contributed by atoms with E-state index in [0.29, 0.717) is 23.2 Å². The predicted octanol–water partition coefficient (Wildman–Crippen LogP) is 2.52. The first-order valence-electron chi connectivity index (χ1n) is 8.98. The molecule has 1 aliphatic rings. The lowest BCUT2D eigenvalue weighted by atomic mass is 10.1. The van der Waals surface area contributed by atoms with Crippen LogP contribution < -0.4 is 0 Å². The summed E-state index contributed by atoms with van der Waals surface area (Å²) in [6.07, 6.45) is 0.522. The van der Waals surface area contributed by atoms with Crippen LogP contribution in [0.4, 0.5) is 0 Å². The number of carbonyl (C=O) groups is 2. The minimum atomic E-state index is -3.05. The van der Waals surface area contributed by atoms with Crippen LogP contribution in [0.25, 0.3) is 0 Å². The van der Waals surface area contributed by atoms with Crippen LogP contribution in [0.15, 0.2) is 24.3 Å². The van der Waals surface area contributed by atoms with Gasteiger partial charge in [-0.1, -0.05) is 12.1 Å².